The minimum absolute atomic E-state index is 0.162. The lowest BCUT2D eigenvalue weighted by molar-refractivity contribution is 0.0821. The molecule has 0 spiro atoms. The van der Waals surface area contributed by atoms with Crippen LogP contribution in [0.2, 0.25) is 0 Å². The number of nitrogens with one attached hydrogen (secondary N) is 1. The van der Waals surface area contributed by atoms with Crippen molar-refractivity contribution < 1.29 is 4.79 Å². The highest BCUT2D eigenvalue weighted by molar-refractivity contribution is 6.39. The Morgan fingerprint density at radius 3 is 2.27 bits per heavy atom. The van der Waals surface area contributed by atoms with Crippen LogP contribution in [0.25, 0.3) is 0 Å². The summed E-state index contributed by atoms with van der Waals surface area (Å²) in [7, 11) is 16.0. The van der Waals surface area contributed by atoms with E-state index in [1.54, 1.807) is 32.3 Å². The van der Waals surface area contributed by atoms with E-state index >= 15 is 0 Å². The van der Waals surface area contributed by atoms with Crippen LogP contribution in [0.3, 0.4) is 0 Å². The third-order valence-electron chi connectivity index (χ3n) is 4.96. The lowest BCUT2D eigenvalue weighted by Crippen LogP contribution is -2.51. The number of hydrogen-bond donors (Lipinski definition) is 1. The second kappa shape index (κ2) is 10.1. The quantitative estimate of drug-likeness (QED) is 0.828. The fourth-order valence-corrected chi connectivity index (χ4v) is 3.36. The third-order valence-corrected chi connectivity index (χ3v) is 4.96. The summed E-state index contributed by atoms with van der Waals surface area (Å²) < 4.78 is 0. The van der Waals surface area contributed by atoms with Crippen molar-refractivity contribution in [3.05, 3.63) is 29.6 Å². The average Bonchev–Trinajstić information content (AvgIpc) is 2.63. The molecule has 0 atom stereocenters. The molecule has 1 aliphatic carbocycles. The maximum absolute atomic E-state index is 12.1. The number of nitrogens with zero attached hydrogens (tertiary/aromatic N) is 2. The molecule has 0 unspecified atom stereocenters. The Bertz CT molecular complexity index is 568. The Balaban J connectivity index is 0.00000163. The van der Waals surface area contributed by atoms with E-state index in [9.17, 15) is 4.79 Å². The topological polar surface area (TPSA) is 45.2 Å². The van der Waals surface area contributed by atoms with Crippen LogP contribution in [0.15, 0.2) is 18.2 Å². The van der Waals surface area contributed by atoms with Gasteiger partial charge in [-0.15, -0.1) is 0 Å². The van der Waals surface area contributed by atoms with Crippen molar-refractivity contribution in [2.45, 2.75) is 64.8 Å². The highest BCUT2D eigenvalue weighted by atomic mass is 16.2. The first-order valence-electron chi connectivity index (χ1n) is 9.75. The van der Waals surface area contributed by atoms with Gasteiger partial charge in [-0.3, -0.25) is 4.79 Å². The Hall–Kier alpha value is -1.29. The summed E-state index contributed by atoms with van der Waals surface area (Å²) in [6, 6.07) is 5.49. The molecule has 0 aromatic carbocycles. The molecule has 0 bridgehead atoms. The molecule has 2 rings (SSSR count). The number of rotatable bonds is 5. The molecule has 0 saturated heterocycles. The standard InChI is InChI=1S/C18H27B2N3O.C2H6/c1-12(2)13-8-10-14(11-9-13)22-18(19,20)16-7-5-6-15(21-16)17(24)23(3)4;1-2/h5-7,12-14,22H,8-11H2,1-4H3;1-2H3. The molecule has 1 fully saturated rings. The Morgan fingerprint density at radius 2 is 1.77 bits per heavy atom. The van der Waals surface area contributed by atoms with E-state index in [2.05, 4.69) is 24.1 Å². The van der Waals surface area contributed by atoms with Gasteiger partial charge in [0.15, 0.2) is 0 Å². The summed E-state index contributed by atoms with van der Waals surface area (Å²) >= 11 is 0. The molecular weight excluding hydrogens is 320 g/mol. The Kier molecular flexibility index (Phi) is 8.88. The highest BCUT2D eigenvalue weighted by Crippen LogP contribution is 2.31. The molecule has 6 heteroatoms. The fourth-order valence-electron chi connectivity index (χ4n) is 3.36. The van der Waals surface area contributed by atoms with Crippen molar-refractivity contribution in [2.24, 2.45) is 11.8 Å². The predicted octanol–water partition coefficient (Wildman–Crippen LogP) is 3.06. The van der Waals surface area contributed by atoms with E-state index < -0.39 is 5.34 Å². The molecular formula is C20H33B2N3O. The normalized spacial score (nSPS) is 20.3. The average molecular weight is 353 g/mol. The Morgan fingerprint density at radius 1 is 1.19 bits per heavy atom. The summed E-state index contributed by atoms with van der Waals surface area (Å²) in [6.07, 6.45) is 4.51. The summed E-state index contributed by atoms with van der Waals surface area (Å²) in [5.74, 6) is 1.35. The smallest absolute Gasteiger partial charge is 0.271 e. The molecule has 1 saturated carbocycles. The molecule has 4 nitrogen and oxygen atoms in total. The van der Waals surface area contributed by atoms with Crippen molar-refractivity contribution in [1.82, 2.24) is 15.2 Å². The van der Waals surface area contributed by atoms with Gasteiger partial charge in [0, 0.05) is 25.8 Å². The summed E-state index contributed by atoms with van der Waals surface area (Å²) in [5.41, 5.74) is 0.837. The van der Waals surface area contributed by atoms with E-state index in [0.29, 0.717) is 11.4 Å². The van der Waals surface area contributed by atoms with Crippen molar-refractivity contribution in [3.63, 3.8) is 0 Å². The molecule has 1 amide bonds. The Labute approximate surface area is 162 Å². The molecule has 1 N–H and O–H groups in total. The summed E-state index contributed by atoms with van der Waals surface area (Å²) in [6.45, 7) is 8.57. The van der Waals surface area contributed by atoms with E-state index in [1.807, 2.05) is 13.8 Å². The van der Waals surface area contributed by atoms with Crippen LogP contribution in [0.1, 0.15) is 69.6 Å². The molecule has 1 heterocycles. The van der Waals surface area contributed by atoms with Gasteiger partial charge < -0.3 is 10.2 Å². The molecule has 1 aromatic heterocycles. The van der Waals surface area contributed by atoms with Gasteiger partial charge in [0.05, 0.1) is 15.7 Å². The number of hydrogen-bond acceptors (Lipinski definition) is 3. The molecule has 4 radical (unpaired) electrons. The van der Waals surface area contributed by atoms with Gasteiger partial charge in [-0.2, -0.15) is 0 Å². The van der Waals surface area contributed by atoms with Crippen molar-refractivity contribution in [1.29, 1.82) is 0 Å². The van der Waals surface area contributed by atoms with Crippen LogP contribution < -0.4 is 5.32 Å². The SMILES string of the molecule is CC.[B]C([B])(NC1CCC(C(C)C)CC1)c1cccc(C(=O)N(C)C)n1. The molecule has 26 heavy (non-hydrogen) atoms. The van der Waals surface area contributed by atoms with Crippen LogP contribution in [-0.2, 0) is 5.34 Å². The number of aromatic nitrogens is 1. The molecule has 140 valence electrons. The number of carbonyl (C=O) groups is 1. The largest absolute Gasteiger partial charge is 0.343 e. The fraction of sp³-hybridized carbons (Fsp3) is 0.700. The van der Waals surface area contributed by atoms with Crippen molar-refractivity contribution in [3.8, 4) is 0 Å². The zero-order valence-corrected chi connectivity index (χ0v) is 17.2. The summed E-state index contributed by atoms with van der Waals surface area (Å²) in [5, 5.41) is 2.10. The summed E-state index contributed by atoms with van der Waals surface area (Å²) in [4.78, 5) is 17.9. The number of carbonyl (C=O) groups excluding carboxylic acids is 1. The minimum atomic E-state index is -1.24. The van der Waals surface area contributed by atoms with Gasteiger partial charge in [-0.1, -0.05) is 33.8 Å². The lowest BCUT2D eigenvalue weighted by Gasteiger charge is -2.37. The van der Waals surface area contributed by atoms with Crippen LogP contribution in [0, 0.1) is 11.8 Å². The van der Waals surface area contributed by atoms with Crippen LogP contribution in [0.5, 0.6) is 0 Å². The van der Waals surface area contributed by atoms with Gasteiger partial charge in [0.2, 0.25) is 0 Å². The lowest BCUT2D eigenvalue weighted by atomic mass is 9.59. The predicted molar refractivity (Wildman–Crippen MR) is 111 cm³/mol. The maximum atomic E-state index is 12.1. The number of pyridine rings is 1. The number of amides is 1. The molecule has 0 aliphatic heterocycles. The van der Waals surface area contributed by atoms with Crippen LogP contribution in [0.4, 0.5) is 0 Å². The second-order valence-corrected chi connectivity index (χ2v) is 7.48. The van der Waals surface area contributed by atoms with Gasteiger partial charge in [0.25, 0.3) is 5.91 Å². The van der Waals surface area contributed by atoms with E-state index in [1.165, 1.54) is 17.7 Å². The first-order valence-corrected chi connectivity index (χ1v) is 9.75. The zero-order valence-electron chi connectivity index (χ0n) is 17.2. The monoisotopic (exact) mass is 353 g/mol. The van der Waals surface area contributed by atoms with Crippen LogP contribution in [-0.4, -0.2) is 51.6 Å². The van der Waals surface area contributed by atoms with Crippen molar-refractivity contribution in [2.75, 3.05) is 14.1 Å². The first kappa shape index (κ1) is 22.8. The minimum Gasteiger partial charge on any atom is -0.343 e. The van der Waals surface area contributed by atoms with E-state index in [0.717, 1.165) is 24.7 Å². The van der Waals surface area contributed by atoms with Crippen LogP contribution >= 0.6 is 0 Å². The van der Waals surface area contributed by atoms with Gasteiger partial charge in [-0.05, 0) is 55.0 Å². The zero-order chi connectivity index (χ0) is 19.9. The second-order valence-electron chi connectivity index (χ2n) is 7.48. The first-order chi connectivity index (χ1) is 12.2. The maximum Gasteiger partial charge on any atom is 0.271 e. The van der Waals surface area contributed by atoms with E-state index in [-0.39, 0.29) is 11.9 Å². The van der Waals surface area contributed by atoms with Gasteiger partial charge in [0.1, 0.15) is 5.69 Å². The van der Waals surface area contributed by atoms with Gasteiger partial charge >= 0.3 is 0 Å². The molecule has 1 aromatic rings. The van der Waals surface area contributed by atoms with Crippen molar-refractivity contribution >= 4 is 21.6 Å². The highest BCUT2D eigenvalue weighted by Gasteiger charge is 2.29. The van der Waals surface area contributed by atoms with Gasteiger partial charge in [-0.25, -0.2) is 4.98 Å². The third kappa shape index (κ3) is 6.15. The van der Waals surface area contributed by atoms with E-state index in [4.69, 9.17) is 15.7 Å². The molecule has 1 aliphatic rings.